The van der Waals surface area contributed by atoms with Crippen LogP contribution in [0.2, 0.25) is 0 Å². The van der Waals surface area contributed by atoms with Gasteiger partial charge >= 0.3 is 0 Å². The summed E-state index contributed by atoms with van der Waals surface area (Å²) in [4.78, 5) is 0. The van der Waals surface area contributed by atoms with Crippen molar-refractivity contribution in [3.8, 4) is 0 Å². The first kappa shape index (κ1) is 10.4. The van der Waals surface area contributed by atoms with Gasteiger partial charge in [0.1, 0.15) is 5.82 Å². The van der Waals surface area contributed by atoms with E-state index in [0.29, 0.717) is 12.3 Å². The van der Waals surface area contributed by atoms with Crippen LogP contribution in [0.5, 0.6) is 0 Å². The second kappa shape index (κ2) is 4.62. The largest absolute Gasteiger partial charge is 0.379 e. The van der Waals surface area contributed by atoms with Crippen LogP contribution < -0.4 is 5.32 Å². The first-order valence-electron chi connectivity index (χ1n) is 5.36. The third-order valence-corrected chi connectivity index (χ3v) is 2.64. The lowest BCUT2D eigenvalue weighted by Crippen LogP contribution is -2.30. The number of hydrogen-bond donors (Lipinski definition) is 1. The SMILES string of the molecule is Cc1ccc(NC2CCCOC2)c(F)c1. The molecule has 2 nitrogen and oxygen atoms in total. The molecule has 1 aromatic carbocycles. The van der Waals surface area contributed by atoms with Crippen molar-refractivity contribution in [1.29, 1.82) is 0 Å². The number of ether oxygens (including phenoxy) is 1. The van der Waals surface area contributed by atoms with E-state index in [2.05, 4.69) is 5.32 Å². The molecule has 1 heterocycles. The summed E-state index contributed by atoms with van der Waals surface area (Å²) in [7, 11) is 0. The van der Waals surface area contributed by atoms with Crippen molar-refractivity contribution in [1.82, 2.24) is 0 Å². The Morgan fingerprint density at radius 1 is 1.47 bits per heavy atom. The van der Waals surface area contributed by atoms with Crippen LogP contribution in [0.1, 0.15) is 18.4 Å². The predicted octanol–water partition coefficient (Wildman–Crippen LogP) is 2.73. The highest BCUT2D eigenvalue weighted by molar-refractivity contribution is 5.47. The second-order valence-electron chi connectivity index (χ2n) is 4.04. The Kier molecular flexibility index (Phi) is 3.21. The molecule has 1 unspecified atom stereocenters. The number of anilines is 1. The van der Waals surface area contributed by atoms with E-state index in [1.165, 1.54) is 0 Å². The Morgan fingerprint density at radius 3 is 3.00 bits per heavy atom. The Balaban J connectivity index is 2.03. The zero-order valence-electron chi connectivity index (χ0n) is 8.92. The molecule has 1 aromatic rings. The molecule has 1 fully saturated rings. The zero-order chi connectivity index (χ0) is 10.7. The second-order valence-corrected chi connectivity index (χ2v) is 4.04. The third kappa shape index (κ3) is 2.69. The summed E-state index contributed by atoms with van der Waals surface area (Å²) in [5.41, 5.74) is 1.52. The van der Waals surface area contributed by atoms with Crippen LogP contribution in [0.15, 0.2) is 18.2 Å². The summed E-state index contributed by atoms with van der Waals surface area (Å²) in [5, 5.41) is 3.18. The average Bonchev–Trinajstić information content (AvgIpc) is 2.24. The average molecular weight is 209 g/mol. The quantitative estimate of drug-likeness (QED) is 0.808. The molecule has 0 bridgehead atoms. The molecular formula is C12H16FNO. The molecule has 15 heavy (non-hydrogen) atoms. The fourth-order valence-electron chi connectivity index (χ4n) is 1.81. The monoisotopic (exact) mass is 209 g/mol. The topological polar surface area (TPSA) is 21.3 Å². The fraction of sp³-hybridized carbons (Fsp3) is 0.500. The van der Waals surface area contributed by atoms with Gasteiger partial charge in [-0.3, -0.25) is 0 Å². The number of rotatable bonds is 2. The third-order valence-electron chi connectivity index (χ3n) is 2.64. The van der Waals surface area contributed by atoms with Crippen molar-refractivity contribution < 1.29 is 9.13 Å². The lowest BCUT2D eigenvalue weighted by atomic mass is 10.1. The van der Waals surface area contributed by atoms with E-state index in [9.17, 15) is 4.39 Å². The summed E-state index contributed by atoms with van der Waals surface area (Å²) in [5.74, 6) is -0.180. The van der Waals surface area contributed by atoms with Gasteiger partial charge in [0.15, 0.2) is 0 Å². The lowest BCUT2D eigenvalue weighted by Gasteiger charge is -2.24. The molecule has 0 radical (unpaired) electrons. The van der Waals surface area contributed by atoms with Gasteiger partial charge in [-0.05, 0) is 37.5 Å². The molecule has 3 heteroatoms. The Bertz CT molecular complexity index is 334. The lowest BCUT2D eigenvalue weighted by molar-refractivity contribution is 0.0875. The maximum Gasteiger partial charge on any atom is 0.146 e. The number of benzene rings is 1. The molecule has 0 amide bonds. The first-order chi connectivity index (χ1) is 7.25. The van der Waals surface area contributed by atoms with Gasteiger partial charge in [0, 0.05) is 12.6 Å². The molecule has 1 N–H and O–H groups in total. The summed E-state index contributed by atoms with van der Waals surface area (Å²) in [6.07, 6.45) is 2.10. The van der Waals surface area contributed by atoms with Crippen LogP contribution in [0, 0.1) is 12.7 Å². The summed E-state index contributed by atoms with van der Waals surface area (Å²) in [6.45, 7) is 3.39. The minimum atomic E-state index is -0.180. The van der Waals surface area contributed by atoms with Gasteiger partial charge in [0.25, 0.3) is 0 Å². The van der Waals surface area contributed by atoms with Crippen molar-refractivity contribution in [2.45, 2.75) is 25.8 Å². The molecule has 0 spiro atoms. The minimum Gasteiger partial charge on any atom is -0.379 e. The van der Waals surface area contributed by atoms with E-state index < -0.39 is 0 Å². The Labute approximate surface area is 89.4 Å². The van der Waals surface area contributed by atoms with Crippen LogP contribution in [0.25, 0.3) is 0 Å². The fourth-order valence-corrected chi connectivity index (χ4v) is 1.81. The standard InChI is InChI=1S/C12H16FNO/c1-9-4-5-12(11(13)7-9)14-10-3-2-6-15-8-10/h4-5,7,10,14H,2-3,6,8H2,1H3. The molecular weight excluding hydrogens is 193 g/mol. The number of hydrogen-bond acceptors (Lipinski definition) is 2. The van der Waals surface area contributed by atoms with Crippen LogP contribution in [0.3, 0.4) is 0 Å². The Hall–Kier alpha value is -1.09. The molecule has 1 atom stereocenters. The van der Waals surface area contributed by atoms with Gasteiger partial charge < -0.3 is 10.1 Å². The zero-order valence-corrected chi connectivity index (χ0v) is 8.92. The number of nitrogens with one attached hydrogen (secondary N) is 1. The van der Waals surface area contributed by atoms with Gasteiger partial charge in [-0.1, -0.05) is 6.07 Å². The van der Waals surface area contributed by atoms with Crippen LogP contribution in [-0.4, -0.2) is 19.3 Å². The number of halogens is 1. The van der Waals surface area contributed by atoms with Gasteiger partial charge in [0.05, 0.1) is 12.3 Å². The number of aryl methyl sites for hydroxylation is 1. The van der Waals surface area contributed by atoms with E-state index in [-0.39, 0.29) is 11.9 Å². The van der Waals surface area contributed by atoms with Gasteiger partial charge in [-0.25, -0.2) is 4.39 Å². The summed E-state index contributed by atoms with van der Waals surface area (Å²) < 4.78 is 18.8. The van der Waals surface area contributed by atoms with Crippen LogP contribution in [-0.2, 0) is 4.74 Å². The van der Waals surface area contributed by atoms with Crippen molar-refractivity contribution in [3.05, 3.63) is 29.6 Å². The highest BCUT2D eigenvalue weighted by Crippen LogP contribution is 2.18. The highest BCUT2D eigenvalue weighted by Gasteiger charge is 2.14. The first-order valence-corrected chi connectivity index (χ1v) is 5.36. The molecule has 0 saturated carbocycles. The minimum absolute atomic E-state index is 0.180. The molecule has 1 aliphatic heterocycles. The van der Waals surface area contributed by atoms with E-state index in [1.807, 2.05) is 13.0 Å². The molecule has 1 saturated heterocycles. The summed E-state index contributed by atoms with van der Waals surface area (Å²) in [6, 6.07) is 5.50. The molecule has 1 aliphatic rings. The van der Waals surface area contributed by atoms with E-state index >= 15 is 0 Å². The van der Waals surface area contributed by atoms with E-state index in [1.54, 1.807) is 12.1 Å². The summed E-state index contributed by atoms with van der Waals surface area (Å²) >= 11 is 0. The van der Waals surface area contributed by atoms with Crippen LogP contribution >= 0.6 is 0 Å². The van der Waals surface area contributed by atoms with Crippen molar-refractivity contribution in [2.24, 2.45) is 0 Å². The smallest absolute Gasteiger partial charge is 0.146 e. The normalized spacial score (nSPS) is 21.3. The van der Waals surface area contributed by atoms with Crippen molar-refractivity contribution >= 4 is 5.69 Å². The van der Waals surface area contributed by atoms with E-state index in [4.69, 9.17) is 4.74 Å². The maximum absolute atomic E-state index is 13.5. The Morgan fingerprint density at radius 2 is 2.33 bits per heavy atom. The molecule has 82 valence electrons. The van der Waals surface area contributed by atoms with Crippen molar-refractivity contribution in [2.75, 3.05) is 18.5 Å². The van der Waals surface area contributed by atoms with E-state index in [0.717, 1.165) is 25.0 Å². The highest BCUT2D eigenvalue weighted by atomic mass is 19.1. The predicted molar refractivity (Wildman–Crippen MR) is 58.6 cm³/mol. The maximum atomic E-state index is 13.5. The molecule has 0 aliphatic carbocycles. The van der Waals surface area contributed by atoms with Gasteiger partial charge in [-0.15, -0.1) is 0 Å². The van der Waals surface area contributed by atoms with Crippen molar-refractivity contribution in [3.63, 3.8) is 0 Å². The molecule has 0 aromatic heterocycles. The van der Waals surface area contributed by atoms with Gasteiger partial charge in [-0.2, -0.15) is 0 Å². The van der Waals surface area contributed by atoms with Gasteiger partial charge in [0.2, 0.25) is 0 Å². The molecule has 2 rings (SSSR count). The van der Waals surface area contributed by atoms with Crippen LogP contribution in [0.4, 0.5) is 10.1 Å².